The lowest BCUT2D eigenvalue weighted by Gasteiger charge is -2.25. The van der Waals surface area contributed by atoms with Crippen LogP contribution in [0.15, 0.2) is 23.1 Å². The summed E-state index contributed by atoms with van der Waals surface area (Å²) in [6.45, 7) is 3.27. The zero-order chi connectivity index (χ0) is 16.9. The summed E-state index contributed by atoms with van der Waals surface area (Å²) in [5.41, 5.74) is 1.97. The maximum absolute atomic E-state index is 12.0. The van der Waals surface area contributed by atoms with Crippen molar-refractivity contribution >= 4 is 17.3 Å². The van der Waals surface area contributed by atoms with Gasteiger partial charge in [-0.2, -0.15) is 0 Å². The molecule has 0 amide bonds. The van der Waals surface area contributed by atoms with Crippen LogP contribution in [-0.4, -0.2) is 33.0 Å². The minimum Gasteiger partial charge on any atom is -0.298 e. The van der Waals surface area contributed by atoms with Gasteiger partial charge in [-0.3, -0.25) is 14.7 Å². The lowest BCUT2D eigenvalue weighted by Crippen LogP contribution is -2.28. The van der Waals surface area contributed by atoms with Crippen LogP contribution in [0.25, 0.3) is 0 Å². The van der Waals surface area contributed by atoms with E-state index in [9.17, 15) is 14.9 Å². The van der Waals surface area contributed by atoms with Crippen LogP contribution in [0, 0.1) is 10.1 Å². The molecular formula is C15H19N5O3S. The summed E-state index contributed by atoms with van der Waals surface area (Å²) in [7, 11) is 0. The van der Waals surface area contributed by atoms with E-state index in [1.165, 1.54) is 30.3 Å². The number of likely N-dealkylation sites (tertiary alicyclic amines) is 1. The van der Waals surface area contributed by atoms with Crippen LogP contribution in [0.4, 0.5) is 5.95 Å². The Hall–Kier alpha value is -2.26. The fourth-order valence-electron chi connectivity index (χ4n) is 2.82. The van der Waals surface area contributed by atoms with Gasteiger partial charge in [0, 0.05) is 34.5 Å². The van der Waals surface area contributed by atoms with E-state index >= 15 is 0 Å². The van der Waals surface area contributed by atoms with Gasteiger partial charge >= 0.3 is 0 Å². The molecular weight excluding hydrogens is 330 g/mol. The summed E-state index contributed by atoms with van der Waals surface area (Å²) in [6, 6.07) is 4.14. The number of aromatic nitrogens is 2. The number of hydrazine groups is 1. The molecule has 1 saturated heterocycles. The quantitative estimate of drug-likeness (QED) is 0.611. The van der Waals surface area contributed by atoms with E-state index in [2.05, 4.69) is 20.9 Å². The van der Waals surface area contributed by atoms with Crippen molar-refractivity contribution < 1.29 is 5.03 Å². The third kappa shape index (κ3) is 4.39. The number of aromatic amines is 1. The highest BCUT2D eigenvalue weighted by molar-refractivity contribution is 7.12. The van der Waals surface area contributed by atoms with E-state index in [1.54, 1.807) is 11.3 Å². The Kier molecular flexibility index (Phi) is 5.21. The van der Waals surface area contributed by atoms with E-state index in [4.69, 9.17) is 0 Å². The average Bonchev–Trinajstić information content (AvgIpc) is 2.97. The number of nitro groups is 1. The molecule has 0 aliphatic carbocycles. The fraction of sp³-hybridized carbons (Fsp3) is 0.467. The molecule has 128 valence electrons. The molecule has 0 aromatic carbocycles. The molecule has 0 saturated carbocycles. The molecule has 2 aromatic rings. The predicted octanol–water partition coefficient (Wildman–Crippen LogP) is 2.01. The van der Waals surface area contributed by atoms with Crippen molar-refractivity contribution in [3.63, 3.8) is 0 Å². The summed E-state index contributed by atoms with van der Waals surface area (Å²) in [5.74, 6) is -0.161. The number of nitrogens with one attached hydrogen (secondary N) is 2. The molecule has 1 aliphatic rings. The molecule has 2 aromatic heterocycles. The summed E-state index contributed by atoms with van der Waals surface area (Å²) in [6.07, 6.45) is 5.72. The molecule has 3 heterocycles. The first-order valence-corrected chi connectivity index (χ1v) is 8.71. The Balaban J connectivity index is 1.63. The Morgan fingerprint density at radius 3 is 2.75 bits per heavy atom. The van der Waals surface area contributed by atoms with E-state index in [-0.39, 0.29) is 11.5 Å². The van der Waals surface area contributed by atoms with Gasteiger partial charge in [0.1, 0.15) is 0 Å². The highest BCUT2D eigenvalue weighted by Crippen LogP contribution is 2.22. The zero-order valence-electron chi connectivity index (χ0n) is 13.2. The minimum absolute atomic E-state index is 0.161. The van der Waals surface area contributed by atoms with Gasteiger partial charge in [-0.05, 0) is 38.1 Å². The van der Waals surface area contributed by atoms with Gasteiger partial charge in [-0.1, -0.05) is 11.8 Å². The van der Waals surface area contributed by atoms with E-state index in [0.717, 1.165) is 24.5 Å². The van der Waals surface area contributed by atoms with Crippen LogP contribution in [0.5, 0.6) is 0 Å². The molecule has 9 heteroatoms. The first-order valence-electron chi connectivity index (χ1n) is 7.89. The van der Waals surface area contributed by atoms with Crippen LogP contribution in [0.1, 0.15) is 34.6 Å². The van der Waals surface area contributed by atoms with Crippen molar-refractivity contribution in [2.45, 2.75) is 32.2 Å². The Morgan fingerprint density at radius 1 is 1.29 bits per heavy atom. The Labute approximate surface area is 142 Å². The van der Waals surface area contributed by atoms with Crippen LogP contribution >= 0.6 is 11.3 Å². The SMILES string of the molecule is O=c1[nH]c(N[N+](=O)[O-])ncc1Cc1ccc(CN2CCCCC2)s1. The molecule has 0 spiro atoms. The van der Waals surface area contributed by atoms with Crippen molar-refractivity contribution in [3.8, 4) is 0 Å². The second-order valence-electron chi connectivity index (χ2n) is 5.84. The number of H-pyrrole nitrogens is 1. The van der Waals surface area contributed by atoms with Gasteiger partial charge in [-0.25, -0.2) is 15.1 Å². The van der Waals surface area contributed by atoms with Gasteiger partial charge in [0.25, 0.3) is 11.5 Å². The number of hydrogen-bond donors (Lipinski definition) is 2. The van der Waals surface area contributed by atoms with Crippen molar-refractivity contribution in [1.82, 2.24) is 14.9 Å². The third-order valence-corrected chi connectivity index (χ3v) is 5.05. The molecule has 1 aliphatic heterocycles. The summed E-state index contributed by atoms with van der Waals surface area (Å²) >= 11 is 1.70. The molecule has 2 N–H and O–H groups in total. The predicted molar refractivity (Wildman–Crippen MR) is 91.7 cm³/mol. The number of nitrogens with zero attached hydrogens (tertiary/aromatic N) is 3. The normalized spacial score (nSPS) is 15.3. The number of anilines is 1. The smallest absolute Gasteiger partial charge is 0.265 e. The first kappa shape index (κ1) is 16.6. The summed E-state index contributed by atoms with van der Waals surface area (Å²) in [5, 5.41) is 9.59. The molecule has 0 bridgehead atoms. The second-order valence-corrected chi connectivity index (χ2v) is 7.09. The molecule has 0 radical (unpaired) electrons. The number of hydrogen-bond acceptors (Lipinski definition) is 6. The van der Waals surface area contributed by atoms with Gasteiger partial charge in [0.2, 0.25) is 0 Å². The number of rotatable bonds is 6. The number of piperidine rings is 1. The maximum Gasteiger partial charge on any atom is 0.265 e. The van der Waals surface area contributed by atoms with Gasteiger partial charge in [-0.15, -0.1) is 11.3 Å². The van der Waals surface area contributed by atoms with Crippen molar-refractivity contribution in [2.75, 3.05) is 18.5 Å². The standard InChI is InChI=1S/C15H19N5O3S/c21-14-11(9-16-15(17-14)18-20(22)23)8-12-4-5-13(24-12)10-19-6-2-1-3-7-19/h4-5,9H,1-3,6-8,10H2,(H2,16,17,18,21). The highest BCUT2D eigenvalue weighted by atomic mass is 32.1. The zero-order valence-corrected chi connectivity index (χ0v) is 14.0. The average molecular weight is 349 g/mol. The van der Waals surface area contributed by atoms with Crippen molar-refractivity contribution in [3.05, 3.63) is 54.1 Å². The van der Waals surface area contributed by atoms with Crippen LogP contribution in [0.2, 0.25) is 0 Å². The molecule has 0 atom stereocenters. The van der Waals surface area contributed by atoms with E-state index in [0.29, 0.717) is 12.0 Å². The maximum atomic E-state index is 12.0. The van der Waals surface area contributed by atoms with Crippen molar-refractivity contribution in [1.29, 1.82) is 0 Å². The Bertz CT molecular complexity index is 766. The fourth-order valence-corrected chi connectivity index (χ4v) is 3.90. The minimum atomic E-state index is -0.760. The molecule has 3 rings (SSSR count). The largest absolute Gasteiger partial charge is 0.298 e. The third-order valence-electron chi connectivity index (χ3n) is 3.98. The van der Waals surface area contributed by atoms with Crippen LogP contribution in [0.3, 0.4) is 0 Å². The monoisotopic (exact) mass is 349 g/mol. The van der Waals surface area contributed by atoms with Crippen LogP contribution in [-0.2, 0) is 13.0 Å². The summed E-state index contributed by atoms with van der Waals surface area (Å²) < 4.78 is 0. The van der Waals surface area contributed by atoms with Gasteiger partial charge in [0.15, 0.2) is 5.03 Å². The Morgan fingerprint density at radius 2 is 2.04 bits per heavy atom. The molecule has 1 fully saturated rings. The van der Waals surface area contributed by atoms with Gasteiger partial charge in [0.05, 0.1) is 0 Å². The summed E-state index contributed by atoms with van der Waals surface area (Å²) in [4.78, 5) is 33.4. The van der Waals surface area contributed by atoms with Gasteiger partial charge < -0.3 is 0 Å². The lowest BCUT2D eigenvalue weighted by molar-refractivity contribution is -0.446. The topological polar surface area (TPSA) is 104 Å². The second kappa shape index (κ2) is 7.54. The van der Waals surface area contributed by atoms with E-state index < -0.39 is 5.03 Å². The van der Waals surface area contributed by atoms with Crippen molar-refractivity contribution in [2.24, 2.45) is 0 Å². The van der Waals surface area contributed by atoms with E-state index in [1.807, 2.05) is 11.5 Å². The lowest BCUT2D eigenvalue weighted by atomic mass is 10.1. The van der Waals surface area contributed by atoms with Crippen LogP contribution < -0.4 is 11.0 Å². The molecule has 24 heavy (non-hydrogen) atoms. The number of thiophene rings is 1. The first-order chi connectivity index (χ1) is 11.6. The molecule has 0 unspecified atom stereocenters. The molecule has 8 nitrogen and oxygen atoms in total. The highest BCUT2D eigenvalue weighted by Gasteiger charge is 2.13.